The second-order valence-corrected chi connectivity index (χ2v) is 7.47. The highest BCUT2D eigenvalue weighted by atomic mass is 19.4. The number of imide groups is 1. The minimum atomic E-state index is -4.55. The molecule has 0 aromatic heterocycles. The lowest BCUT2D eigenvalue weighted by molar-refractivity contribution is -0.153. The Bertz CT molecular complexity index is 748. The van der Waals surface area contributed by atoms with Gasteiger partial charge < -0.3 is 9.64 Å². The summed E-state index contributed by atoms with van der Waals surface area (Å²) >= 11 is 0. The van der Waals surface area contributed by atoms with Crippen molar-refractivity contribution in [3.05, 3.63) is 24.0 Å². The zero-order valence-electron chi connectivity index (χ0n) is 16.6. The number of halogens is 4. The van der Waals surface area contributed by atoms with Crippen LogP contribution < -0.4 is 9.64 Å². The second-order valence-electron chi connectivity index (χ2n) is 7.47. The second kappa shape index (κ2) is 9.63. The number of nitrogens with zero attached hydrogens (tertiary/aromatic N) is 3. The normalized spacial score (nSPS) is 18.8. The first kappa shape index (κ1) is 22.3. The fourth-order valence-electron chi connectivity index (χ4n) is 3.76. The first-order chi connectivity index (χ1) is 14.2. The van der Waals surface area contributed by atoms with Crippen LogP contribution in [0.4, 0.5) is 23.2 Å². The molecule has 6 nitrogen and oxygen atoms in total. The monoisotopic (exact) mass is 431 g/mol. The van der Waals surface area contributed by atoms with Crippen molar-refractivity contribution in [1.82, 2.24) is 9.80 Å². The van der Waals surface area contributed by atoms with Crippen LogP contribution in [0.1, 0.15) is 25.7 Å². The van der Waals surface area contributed by atoms with Gasteiger partial charge in [-0.3, -0.25) is 19.4 Å². The summed E-state index contributed by atoms with van der Waals surface area (Å²) < 4.78 is 56.3. The molecule has 0 bridgehead atoms. The van der Waals surface area contributed by atoms with Crippen LogP contribution in [0, 0.1) is 5.82 Å². The van der Waals surface area contributed by atoms with E-state index in [0.29, 0.717) is 70.6 Å². The molecule has 1 aromatic rings. The number of piperazine rings is 1. The third kappa shape index (κ3) is 5.84. The van der Waals surface area contributed by atoms with E-state index >= 15 is 0 Å². The molecule has 3 rings (SSSR count). The number of amides is 2. The number of carbonyl (C=O) groups excluding carboxylic acids is 2. The molecule has 0 atom stereocenters. The smallest absolute Gasteiger partial charge is 0.422 e. The molecule has 2 saturated heterocycles. The van der Waals surface area contributed by atoms with Gasteiger partial charge in [-0.25, -0.2) is 4.39 Å². The van der Waals surface area contributed by atoms with Crippen molar-refractivity contribution in [2.24, 2.45) is 0 Å². The number of hydrogen-bond acceptors (Lipinski definition) is 5. The quantitative estimate of drug-likeness (QED) is 0.491. The maximum atomic E-state index is 14.1. The number of alkyl halides is 3. The highest BCUT2D eigenvalue weighted by Gasteiger charge is 2.31. The Morgan fingerprint density at radius 1 is 0.967 bits per heavy atom. The Kier molecular flexibility index (Phi) is 7.17. The lowest BCUT2D eigenvalue weighted by Gasteiger charge is -2.37. The molecule has 2 fully saturated rings. The number of likely N-dealkylation sites (tertiary alicyclic amines) is 1. The summed E-state index contributed by atoms with van der Waals surface area (Å²) in [6, 6.07) is 4.08. The topological polar surface area (TPSA) is 53.1 Å². The van der Waals surface area contributed by atoms with Crippen molar-refractivity contribution in [3.8, 4) is 5.75 Å². The van der Waals surface area contributed by atoms with Crippen LogP contribution in [0.2, 0.25) is 0 Å². The Balaban J connectivity index is 1.50. The highest BCUT2D eigenvalue weighted by molar-refractivity contribution is 5.97. The predicted molar refractivity (Wildman–Crippen MR) is 102 cm³/mol. The number of piperidine rings is 1. The molecular formula is C20H25F4N3O3. The van der Waals surface area contributed by atoms with Gasteiger partial charge >= 0.3 is 6.18 Å². The van der Waals surface area contributed by atoms with Crippen molar-refractivity contribution in [2.75, 3.05) is 50.8 Å². The molecule has 2 heterocycles. The van der Waals surface area contributed by atoms with Crippen molar-refractivity contribution in [3.63, 3.8) is 0 Å². The highest BCUT2D eigenvalue weighted by Crippen LogP contribution is 2.33. The van der Waals surface area contributed by atoms with Gasteiger partial charge in [0.1, 0.15) is 0 Å². The summed E-state index contributed by atoms with van der Waals surface area (Å²) in [5, 5.41) is 0. The summed E-state index contributed by atoms with van der Waals surface area (Å²) in [6.07, 6.45) is -2.44. The number of ether oxygens (including phenoxy) is 1. The minimum Gasteiger partial charge on any atom is -0.479 e. The maximum absolute atomic E-state index is 14.1. The van der Waals surface area contributed by atoms with Crippen molar-refractivity contribution >= 4 is 17.5 Å². The molecule has 30 heavy (non-hydrogen) atoms. The van der Waals surface area contributed by atoms with Gasteiger partial charge in [0.05, 0.1) is 5.69 Å². The molecule has 2 amide bonds. The molecule has 0 unspecified atom stereocenters. The summed E-state index contributed by atoms with van der Waals surface area (Å²) in [5.41, 5.74) is 0.309. The fraction of sp³-hybridized carbons (Fsp3) is 0.600. The molecule has 0 spiro atoms. The standard InChI is InChI=1S/C20H25F4N3O3/c21-15-4-1-5-16(19(15)30-14-20(22,23)24)26-12-10-25(11-13-26)8-3-9-27-17(28)6-2-7-18(27)29/h1,4-5H,2-3,6-14H2. The molecule has 0 N–H and O–H groups in total. The van der Waals surface area contributed by atoms with Crippen LogP contribution >= 0.6 is 0 Å². The zero-order valence-corrected chi connectivity index (χ0v) is 16.6. The van der Waals surface area contributed by atoms with E-state index in [1.807, 2.05) is 4.90 Å². The van der Waals surface area contributed by atoms with Crippen molar-refractivity contribution in [1.29, 1.82) is 0 Å². The SMILES string of the molecule is O=C1CCCC(=O)N1CCCN1CCN(c2cccc(F)c2OCC(F)(F)F)CC1. The minimum absolute atomic E-state index is 0.117. The number of rotatable bonds is 7. The van der Waals surface area contributed by atoms with E-state index in [4.69, 9.17) is 4.74 Å². The Morgan fingerprint density at radius 3 is 2.27 bits per heavy atom. The van der Waals surface area contributed by atoms with Crippen molar-refractivity contribution < 1.29 is 31.9 Å². The molecule has 2 aliphatic heterocycles. The fourth-order valence-corrected chi connectivity index (χ4v) is 3.76. The van der Waals surface area contributed by atoms with Gasteiger partial charge in [0.15, 0.2) is 18.2 Å². The summed E-state index contributed by atoms with van der Waals surface area (Å²) in [7, 11) is 0. The number of anilines is 1. The van der Waals surface area contributed by atoms with Gasteiger partial charge in [0.2, 0.25) is 11.8 Å². The third-order valence-corrected chi connectivity index (χ3v) is 5.28. The van der Waals surface area contributed by atoms with E-state index in [1.165, 1.54) is 11.0 Å². The summed E-state index contributed by atoms with van der Waals surface area (Å²) in [5.74, 6) is -1.44. The van der Waals surface area contributed by atoms with Gasteiger partial charge in [-0.1, -0.05) is 6.07 Å². The van der Waals surface area contributed by atoms with Crippen molar-refractivity contribution in [2.45, 2.75) is 31.9 Å². The van der Waals surface area contributed by atoms with Gasteiger partial charge in [0, 0.05) is 45.6 Å². The number of carbonyl (C=O) groups is 2. The van der Waals surface area contributed by atoms with Crippen LogP contribution in [-0.4, -0.2) is 73.7 Å². The molecule has 2 aliphatic rings. The molecule has 0 aliphatic carbocycles. The lowest BCUT2D eigenvalue weighted by Crippen LogP contribution is -2.47. The first-order valence-electron chi connectivity index (χ1n) is 10.0. The van der Waals surface area contributed by atoms with E-state index in [-0.39, 0.29) is 17.6 Å². The van der Waals surface area contributed by atoms with E-state index < -0.39 is 18.6 Å². The Labute approximate surface area is 172 Å². The van der Waals surface area contributed by atoms with E-state index in [2.05, 4.69) is 4.90 Å². The van der Waals surface area contributed by atoms with Gasteiger partial charge in [-0.15, -0.1) is 0 Å². The predicted octanol–water partition coefficient (Wildman–Crippen LogP) is 2.82. The van der Waals surface area contributed by atoms with E-state index in [0.717, 1.165) is 6.07 Å². The number of benzene rings is 1. The zero-order chi connectivity index (χ0) is 21.7. The number of para-hydroxylation sites is 1. The molecule has 1 aromatic carbocycles. The van der Waals surface area contributed by atoms with Gasteiger partial charge in [0.25, 0.3) is 0 Å². The average Bonchev–Trinajstić information content (AvgIpc) is 2.69. The lowest BCUT2D eigenvalue weighted by atomic mass is 10.1. The van der Waals surface area contributed by atoms with Crippen LogP contribution in [0.25, 0.3) is 0 Å². The third-order valence-electron chi connectivity index (χ3n) is 5.28. The molecular weight excluding hydrogens is 406 g/mol. The molecule has 166 valence electrons. The molecule has 10 heteroatoms. The summed E-state index contributed by atoms with van der Waals surface area (Å²) in [6.45, 7) is 1.84. The first-order valence-corrected chi connectivity index (χ1v) is 10.0. The number of hydrogen-bond donors (Lipinski definition) is 0. The van der Waals surface area contributed by atoms with Gasteiger partial charge in [-0.05, 0) is 31.5 Å². The molecule has 0 radical (unpaired) electrons. The van der Waals surface area contributed by atoms with Crippen LogP contribution in [-0.2, 0) is 9.59 Å². The largest absolute Gasteiger partial charge is 0.479 e. The Morgan fingerprint density at radius 2 is 1.63 bits per heavy atom. The summed E-state index contributed by atoms with van der Waals surface area (Å²) in [4.78, 5) is 29.0. The van der Waals surface area contributed by atoms with E-state index in [1.54, 1.807) is 6.07 Å². The molecule has 0 saturated carbocycles. The average molecular weight is 431 g/mol. The Hall–Kier alpha value is -2.36. The maximum Gasteiger partial charge on any atom is 0.422 e. The van der Waals surface area contributed by atoms with Crippen LogP contribution in [0.5, 0.6) is 5.75 Å². The van der Waals surface area contributed by atoms with E-state index in [9.17, 15) is 27.2 Å². The van der Waals surface area contributed by atoms with Gasteiger partial charge in [-0.2, -0.15) is 13.2 Å². The van der Waals surface area contributed by atoms with Crippen LogP contribution in [0.3, 0.4) is 0 Å². The van der Waals surface area contributed by atoms with Crippen LogP contribution in [0.15, 0.2) is 18.2 Å².